The lowest BCUT2D eigenvalue weighted by Crippen LogP contribution is -2.05. The average molecular weight is 250 g/mol. The second-order valence-corrected chi connectivity index (χ2v) is 4.66. The van der Waals surface area contributed by atoms with E-state index in [0.29, 0.717) is 5.56 Å². The summed E-state index contributed by atoms with van der Waals surface area (Å²) < 4.78 is 5.26. The molecule has 1 N–H and O–H groups in total. The average Bonchev–Trinajstić information content (AvgIpc) is 2.90. The zero-order chi connectivity index (χ0) is 13.2. The first-order valence-electron chi connectivity index (χ1n) is 6.23. The van der Waals surface area contributed by atoms with Gasteiger partial charge in [-0.2, -0.15) is 5.26 Å². The van der Waals surface area contributed by atoms with Crippen LogP contribution < -0.4 is 10.1 Å². The van der Waals surface area contributed by atoms with Gasteiger partial charge in [-0.05, 0) is 47.9 Å². The minimum absolute atomic E-state index is 0.249. The van der Waals surface area contributed by atoms with Crippen molar-refractivity contribution in [2.24, 2.45) is 0 Å². The summed E-state index contributed by atoms with van der Waals surface area (Å²) in [5.41, 5.74) is 4.24. The van der Waals surface area contributed by atoms with E-state index in [1.807, 2.05) is 30.3 Å². The molecule has 3 nitrogen and oxygen atoms in total. The van der Waals surface area contributed by atoms with Crippen LogP contribution in [0.3, 0.4) is 0 Å². The third-order valence-electron chi connectivity index (χ3n) is 3.48. The summed E-state index contributed by atoms with van der Waals surface area (Å²) >= 11 is 0. The minimum atomic E-state index is 0.249. The zero-order valence-corrected chi connectivity index (χ0v) is 10.7. The number of benzene rings is 2. The van der Waals surface area contributed by atoms with E-state index in [-0.39, 0.29) is 6.04 Å². The van der Waals surface area contributed by atoms with Crippen LogP contribution in [-0.2, 0) is 6.42 Å². The molecule has 1 atom stereocenters. The molecule has 2 aromatic carbocycles. The molecule has 1 aliphatic heterocycles. The van der Waals surface area contributed by atoms with Gasteiger partial charge in [-0.3, -0.25) is 0 Å². The number of nitriles is 1. The molecule has 1 heterocycles. The van der Waals surface area contributed by atoms with Crippen LogP contribution in [0.1, 0.15) is 22.7 Å². The van der Waals surface area contributed by atoms with E-state index in [9.17, 15) is 0 Å². The molecule has 0 saturated heterocycles. The molecule has 0 spiro atoms. The molecule has 0 radical (unpaired) electrons. The van der Waals surface area contributed by atoms with Crippen molar-refractivity contribution in [1.82, 2.24) is 0 Å². The summed E-state index contributed by atoms with van der Waals surface area (Å²) in [7, 11) is 1.68. The molecule has 2 aromatic rings. The van der Waals surface area contributed by atoms with Gasteiger partial charge in [0.25, 0.3) is 0 Å². The molecule has 1 aliphatic rings. The first-order chi connectivity index (χ1) is 9.30. The van der Waals surface area contributed by atoms with Gasteiger partial charge in [0.2, 0.25) is 0 Å². The van der Waals surface area contributed by atoms with Crippen molar-refractivity contribution in [3.05, 3.63) is 59.2 Å². The Morgan fingerprint density at radius 2 is 2.16 bits per heavy atom. The quantitative estimate of drug-likeness (QED) is 0.889. The van der Waals surface area contributed by atoms with Gasteiger partial charge in [0, 0.05) is 5.69 Å². The van der Waals surface area contributed by atoms with E-state index in [4.69, 9.17) is 10.00 Å². The number of fused-ring (bicyclic) bond motifs is 1. The third kappa shape index (κ3) is 2.13. The molecule has 0 aromatic heterocycles. The summed E-state index contributed by atoms with van der Waals surface area (Å²) in [5.74, 6) is 0.868. The minimum Gasteiger partial charge on any atom is -0.497 e. The Kier molecular flexibility index (Phi) is 2.85. The molecule has 3 heteroatoms. The molecule has 94 valence electrons. The van der Waals surface area contributed by atoms with E-state index in [0.717, 1.165) is 17.9 Å². The number of rotatable bonds is 2. The van der Waals surface area contributed by atoms with Crippen molar-refractivity contribution in [3.8, 4) is 11.8 Å². The van der Waals surface area contributed by atoms with Gasteiger partial charge in [0.15, 0.2) is 0 Å². The molecular weight excluding hydrogens is 236 g/mol. The van der Waals surface area contributed by atoms with Crippen LogP contribution in [0.2, 0.25) is 0 Å². The fourth-order valence-corrected chi connectivity index (χ4v) is 2.49. The van der Waals surface area contributed by atoms with E-state index < -0.39 is 0 Å². The van der Waals surface area contributed by atoms with E-state index in [2.05, 4.69) is 23.5 Å². The number of nitrogens with zero attached hydrogens (tertiary/aromatic N) is 1. The number of methoxy groups -OCH3 is 1. The largest absolute Gasteiger partial charge is 0.497 e. The second kappa shape index (κ2) is 4.66. The lowest BCUT2D eigenvalue weighted by molar-refractivity contribution is 0.414. The maximum atomic E-state index is 8.93. The first kappa shape index (κ1) is 11.6. The van der Waals surface area contributed by atoms with Crippen LogP contribution in [0.25, 0.3) is 0 Å². The highest BCUT2D eigenvalue weighted by Crippen LogP contribution is 2.35. The number of hydrogen-bond acceptors (Lipinski definition) is 3. The fourth-order valence-electron chi connectivity index (χ4n) is 2.49. The van der Waals surface area contributed by atoms with Crippen LogP contribution in [-0.4, -0.2) is 7.11 Å². The summed E-state index contributed by atoms with van der Waals surface area (Å²) in [6.45, 7) is 0. The lowest BCUT2D eigenvalue weighted by atomic mass is 10.0. The van der Waals surface area contributed by atoms with Crippen molar-refractivity contribution in [2.45, 2.75) is 12.5 Å². The van der Waals surface area contributed by atoms with Crippen LogP contribution in [0.5, 0.6) is 5.75 Å². The molecule has 1 unspecified atom stereocenters. The summed E-state index contributed by atoms with van der Waals surface area (Å²) in [5, 5.41) is 12.4. The summed E-state index contributed by atoms with van der Waals surface area (Å²) in [6.07, 6.45) is 0.901. The predicted octanol–water partition coefficient (Wildman–Crippen LogP) is 3.28. The molecule has 3 rings (SSSR count). The van der Waals surface area contributed by atoms with Gasteiger partial charge in [-0.1, -0.05) is 12.1 Å². The Labute approximate surface area is 112 Å². The van der Waals surface area contributed by atoms with E-state index in [1.54, 1.807) is 7.11 Å². The number of hydrogen-bond donors (Lipinski definition) is 1. The van der Waals surface area contributed by atoms with Crippen molar-refractivity contribution >= 4 is 5.69 Å². The Bertz CT molecular complexity index is 658. The Morgan fingerprint density at radius 1 is 1.26 bits per heavy atom. The normalized spacial score (nSPS) is 16.3. The molecule has 0 fully saturated rings. The van der Waals surface area contributed by atoms with Gasteiger partial charge in [-0.15, -0.1) is 0 Å². The van der Waals surface area contributed by atoms with Crippen LogP contribution in [0.4, 0.5) is 5.69 Å². The van der Waals surface area contributed by atoms with Crippen molar-refractivity contribution < 1.29 is 4.74 Å². The second-order valence-electron chi connectivity index (χ2n) is 4.66. The van der Waals surface area contributed by atoms with Crippen molar-refractivity contribution in [1.29, 1.82) is 5.26 Å². The molecular formula is C16H14N2O. The monoisotopic (exact) mass is 250 g/mol. The highest BCUT2D eigenvalue weighted by atomic mass is 16.5. The van der Waals surface area contributed by atoms with Crippen LogP contribution in [0.15, 0.2) is 42.5 Å². The fraction of sp³-hybridized carbons (Fsp3) is 0.188. The van der Waals surface area contributed by atoms with Gasteiger partial charge >= 0.3 is 0 Å². The Balaban J connectivity index is 1.89. The Hall–Kier alpha value is -2.47. The van der Waals surface area contributed by atoms with Crippen LogP contribution >= 0.6 is 0 Å². The molecule has 19 heavy (non-hydrogen) atoms. The maximum absolute atomic E-state index is 8.93. The molecule has 0 amide bonds. The van der Waals surface area contributed by atoms with Crippen molar-refractivity contribution in [2.75, 3.05) is 12.4 Å². The molecule has 0 saturated carbocycles. The summed E-state index contributed by atoms with van der Waals surface area (Å²) in [4.78, 5) is 0. The predicted molar refractivity (Wildman–Crippen MR) is 74.2 cm³/mol. The van der Waals surface area contributed by atoms with E-state index in [1.165, 1.54) is 11.1 Å². The topological polar surface area (TPSA) is 45.0 Å². The molecule has 0 bridgehead atoms. The zero-order valence-electron chi connectivity index (χ0n) is 10.7. The number of nitrogens with one attached hydrogen (secondary N) is 1. The van der Waals surface area contributed by atoms with Gasteiger partial charge in [0.05, 0.1) is 24.8 Å². The smallest absolute Gasteiger partial charge is 0.119 e. The van der Waals surface area contributed by atoms with Gasteiger partial charge in [0.1, 0.15) is 5.75 Å². The standard InChI is InChI=1S/C16H14N2O/c1-19-14-4-2-3-12(8-14)16-9-13-7-11(10-17)5-6-15(13)18-16/h2-8,16,18H,9H2,1H3. The Morgan fingerprint density at radius 3 is 2.95 bits per heavy atom. The molecule has 0 aliphatic carbocycles. The lowest BCUT2D eigenvalue weighted by Gasteiger charge is -2.12. The van der Waals surface area contributed by atoms with Crippen LogP contribution in [0, 0.1) is 11.3 Å². The summed E-state index contributed by atoms with van der Waals surface area (Å²) in [6, 6.07) is 16.3. The highest BCUT2D eigenvalue weighted by molar-refractivity contribution is 5.60. The number of ether oxygens (including phenoxy) is 1. The van der Waals surface area contributed by atoms with Crippen molar-refractivity contribution in [3.63, 3.8) is 0 Å². The maximum Gasteiger partial charge on any atom is 0.119 e. The third-order valence-corrected chi connectivity index (χ3v) is 3.48. The SMILES string of the molecule is COc1cccc(C2Cc3cc(C#N)ccc3N2)c1. The highest BCUT2D eigenvalue weighted by Gasteiger charge is 2.22. The van der Waals surface area contributed by atoms with Gasteiger partial charge < -0.3 is 10.1 Å². The van der Waals surface area contributed by atoms with Gasteiger partial charge in [-0.25, -0.2) is 0 Å². The van der Waals surface area contributed by atoms with E-state index >= 15 is 0 Å². The first-order valence-corrected chi connectivity index (χ1v) is 6.23. The number of anilines is 1.